The molecule has 0 fully saturated rings. The molecular weight excluding hydrogens is 460 g/mol. The SMILES string of the molecule is Cc1ccccc1OCc1nnc(SCC(=O)NC2CCOc3ccccc32)n1-c1ccccc1. The number of aryl methyl sites for hydroxylation is 1. The third-order valence-electron chi connectivity index (χ3n) is 5.79. The topological polar surface area (TPSA) is 78.3 Å². The first-order valence-electron chi connectivity index (χ1n) is 11.5. The maximum absolute atomic E-state index is 12.8. The van der Waals surface area contributed by atoms with Gasteiger partial charge in [-0.05, 0) is 36.8 Å². The predicted octanol–water partition coefficient (Wildman–Crippen LogP) is 4.89. The molecule has 1 amide bonds. The zero-order valence-electron chi connectivity index (χ0n) is 19.4. The van der Waals surface area contributed by atoms with E-state index in [1.807, 2.05) is 90.4 Å². The Balaban J connectivity index is 1.30. The van der Waals surface area contributed by atoms with Gasteiger partial charge in [0.15, 0.2) is 11.0 Å². The highest BCUT2D eigenvalue weighted by molar-refractivity contribution is 7.99. The van der Waals surface area contributed by atoms with Gasteiger partial charge in [0.1, 0.15) is 18.1 Å². The molecule has 0 spiro atoms. The number of ether oxygens (including phenoxy) is 2. The maximum atomic E-state index is 12.8. The molecule has 1 N–H and O–H groups in total. The second kappa shape index (κ2) is 10.7. The Bertz CT molecular complexity index is 1310. The lowest BCUT2D eigenvalue weighted by molar-refractivity contribution is -0.119. The molecule has 178 valence electrons. The number of para-hydroxylation sites is 3. The average molecular weight is 487 g/mol. The van der Waals surface area contributed by atoms with Crippen LogP contribution in [0.25, 0.3) is 5.69 Å². The van der Waals surface area contributed by atoms with E-state index in [0.29, 0.717) is 17.6 Å². The summed E-state index contributed by atoms with van der Waals surface area (Å²) in [5.74, 6) is 2.47. The number of rotatable bonds is 8. The normalized spacial score (nSPS) is 14.6. The van der Waals surface area contributed by atoms with E-state index in [1.54, 1.807) is 0 Å². The van der Waals surface area contributed by atoms with E-state index >= 15 is 0 Å². The van der Waals surface area contributed by atoms with Crippen LogP contribution >= 0.6 is 11.8 Å². The summed E-state index contributed by atoms with van der Waals surface area (Å²) >= 11 is 1.36. The third kappa shape index (κ3) is 5.33. The van der Waals surface area contributed by atoms with Crippen LogP contribution in [0.4, 0.5) is 0 Å². The molecule has 0 saturated carbocycles. The summed E-state index contributed by atoms with van der Waals surface area (Å²) in [6.45, 7) is 2.86. The van der Waals surface area contributed by atoms with Crippen LogP contribution in [-0.4, -0.2) is 33.0 Å². The van der Waals surface area contributed by atoms with Crippen molar-refractivity contribution in [3.63, 3.8) is 0 Å². The Morgan fingerprint density at radius 3 is 2.69 bits per heavy atom. The molecule has 2 heterocycles. The van der Waals surface area contributed by atoms with Crippen molar-refractivity contribution < 1.29 is 14.3 Å². The Morgan fingerprint density at radius 1 is 1.06 bits per heavy atom. The van der Waals surface area contributed by atoms with Gasteiger partial charge in [-0.15, -0.1) is 10.2 Å². The number of nitrogens with one attached hydrogen (secondary N) is 1. The fourth-order valence-corrected chi connectivity index (χ4v) is 4.82. The Morgan fingerprint density at radius 2 is 1.83 bits per heavy atom. The van der Waals surface area contributed by atoms with Crippen LogP contribution in [0.2, 0.25) is 0 Å². The number of benzene rings is 3. The van der Waals surface area contributed by atoms with Gasteiger partial charge in [-0.2, -0.15) is 0 Å². The lowest BCUT2D eigenvalue weighted by atomic mass is 10.0. The Hall–Kier alpha value is -3.78. The van der Waals surface area contributed by atoms with Crippen molar-refractivity contribution in [3.05, 3.63) is 95.8 Å². The number of hydrogen-bond acceptors (Lipinski definition) is 6. The summed E-state index contributed by atoms with van der Waals surface area (Å²) in [4.78, 5) is 12.8. The first kappa shape index (κ1) is 23.0. The molecule has 3 aromatic carbocycles. The average Bonchev–Trinajstić information content (AvgIpc) is 3.30. The predicted molar refractivity (Wildman–Crippen MR) is 135 cm³/mol. The Kier molecular flexibility index (Phi) is 6.99. The second-order valence-electron chi connectivity index (χ2n) is 8.21. The number of carbonyl (C=O) groups excluding carboxylic acids is 1. The van der Waals surface area contributed by atoms with E-state index < -0.39 is 0 Å². The lowest BCUT2D eigenvalue weighted by Crippen LogP contribution is -2.33. The molecule has 0 aliphatic carbocycles. The van der Waals surface area contributed by atoms with Gasteiger partial charge in [0, 0.05) is 17.7 Å². The first-order valence-corrected chi connectivity index (χ1v) is 12.5. The third-order valence-corrected chi connectivity index (χ3v) is 6.72. The van der Waals surface area contributed by atoms with Crippen LogP contribution in [-0.2, 0) is 11.4 Å². The summed E-state index contributed by atoms with van der Waals surface area (Å²) in [5, 5.41) is 12.5. The van der Waals surface area contributed by atoms with Crippen molar-refractivity contribution in [1.82, 2.24) is 20.1 Å². The zero-order chi connectivity index (χ0) is 24.0. The van der Waals surface area contributed by atoms with Crippen LogP contribution in [0, 0.1) is 6.92 Å². The van der Waals surface area contributed by atoms with E-state index in [1.165, 1.54) is 11.8 Å². The number of amides is 1. The van der Waals surface area contributed by atoms with E-state index in [0.717, 1.165) is 34.7 Å². The largest absolute Gasteiger partial charge is 0.493 e. The van der Waals surface area contributed by atoms with Crippen molar-refractivity contribution in [3.8, 4) is 17.2 Å². The number of fused-ring (bicyclic) bond motifs is 1. The van der Waals surface area contributed by atoms with Crippen molar-refractivity contribution in [2.45, 2.75) is 31.1 Å². The quantitative estimate of drug-likeness (QED) is 0.358. The van der Waals surface area contributed by atoms with Crippen molar-refractivity contribution >= 4 is 17.7 Å². The van der Waals surface area contributed by atoms with Gasteiger partial charge in [0.05, 0.1) is 18.4 Å². The maximum Gasteiger partial charge on any atom is 0.230 e. The molecular formula is C27H26N4O3S. The molecule has 35 heavy (non-hydrogen) atoms. The summed E-state index contributed by atoms with van der Waals surface area (Å²) in [6.07, 6.45) is 0.744. The highest BCUT2D eigenvalue weighted by Crippen LogP contribution is 2.32. The standard InChI is InChI=1S/C27H26N4O3S/c1-19-9-5-7-13-23(19)34-17-25-29-30-27(31(25)20-10-3-2-4-11-20)35-18-26(32)28-22-15-16-33-24-14-8-6-12-21(22)24/h2-14,22H,15-18H2,1H3,(H,28,32). The lowest BCUT2D eigenvalue weighted by Gasteiger charge is -2.26. The number of carbonyl (C=O) groups is 1. The fraction of sp³-hybridized carbons (Fsp3) is 0.222. The summed E-state index contributed by atoms with van der Waals surface area (Å²) < 4.78 is 13.7. The molecule has 1 aromatic heterocycles. The van der Waals surface area contributed by atoms with Gasteiger partial charge < -0.3 is 14.8 Å². The molecule has 0 radical (unpaired) electrons. The summed E-state index contributed by atoms with van der Waals surface area (Å²) in [7, 11) is 0. The van der Waals surface area contributed by atoms with E-state index in [2.05, 4.69) is 15.5 Å². The van der Waals surface area contributed by atoms with Gasteiger partial charge in [-0.1, -0.05) is 66.4 Å². The van der Waals surface area contributed by atoms with E-state index in [-0.39, 0.29) is 24.3 Å². The van der Waals surface area contributed by atoms with Crippen LogP contribution in [0.1, 0.15) is 29.4 Å². The minimum absolute atomic E-state index is 0.0573. The molecule has 0 saturated heterocycles. The number of thioether (sulfide) groups is 1. The molecule has 1 aliphatic heterocycles. The fourth-order valence-electron chi connectivity index (χ4n) is 4.04. The molecule has 8 heteroatoms. The van der Waals surface area contributed by atoms with Gasteiger partial charge in [-0.25, -0.2) is 0 Å². The first-order chi connectivity index (χ1) is 17.2. The minimum atomic E-state index is -0.0583. The van der Waals surface area contributed by atoms with Crippen molar-refractivity contribution in [2.24, 2.45) is 0 Å². The molecule has 5 rings (SSSR count). The molecule has 7 nitrogen and oxygen atoms in total. The molecule has 1 aliphatic rings. The van der Waals surface area contributed by atoms with Crippen molar-refractivity contribution in [2.75, 3.05) is 12.4 Å². The highest BCUT2D eigenvalue weighted by Gasteiger charge is 2.23. The van der Waals surface area contributed by atoms with Crippen LogP contribution in [0.15, 0.2) is 84.0 Å². The summed E-state index contributed by atoms with van der Waals surface area (Å²) in [5.41, 5.74) is 2.99. The van der Waals surface area contributed by atoms with Gasteiger partial charge in [-0.3, -0.25) is 9.36 Å². The number of nitrogens with zero attached hydrogens (tertiary/aromatic N) is 3. The monoisotopic (exact) mass is 486 g/mol. The number of hydrogen-bond donors (Lipinski definition) is 1. The highest BCUT2D eigenvalue weighted by atomic mass is 32.2. The zero-order valence-corrected chi connectivity index (χ0v) is 20.2. The van der Waals surface area contributed by atoms with Crippen LogP contribution in [0.5, 0.6) is 11.5 Å². The van der Waals surface area contributed by atoms with E-state index in [4.69, 9.17) is 9.47 Å². The minimum Gasteiger partial charge on any atom is -0.493 e. The van der Waals surface area contributed by atoms with Gasteiger partial charge in [0.2, 0.25) is 5.91 Å². The molecule has 0 bridgehead atoms. The number of aromatic nitrogens is 3. The van der Waals surface area contributed by atoms with Gasteiger partial charge in [0.25, 0.3) is 0 Å². The van der Waals surface area contributed by atoms with E-state index in [9.17, 15) is 4.79 Å². The molecule has 1 atom stereocenters. The molecule has 4 aromatic rings. The van der Waals surface area contributed by atoms with Crippen molar-refractivity contribution in [1.29, 1.82) is 0 Å². The van der Waals surface area contributed by atoms with Gasteiger partial charge >= 0.3 is 0 Å². The van der Waals surface area contributed by atoms with Crippen LogP contribution in [0.3, 0.4) is 0 Å². The Labute approximate surface area is 208 Å². The van der Waals surface area contributed by atoms with Crippen LogP contribution < -0.4 is 14.8 Å². The smallest absolute Gasteiger partial charge is 0.230 e. The second-order valence-corrected chi connectivity index (χ2v) is 9.15. The summed E-state index contributed by atoms with van der Waals surface area (Å²) in [6, 6.07) is 25.5. The molecule has 1 unspecified atom stereocenters.